The molecule has 8 heteroatoms. The van der Waals surface area contributed by atoms with Gasteiger partial charge in [0.05, 0.1) is 20.3 Å². The summed E-state index contributed by atoms with van der Waals surface area (Å²) in [5, 5.41) is 10.00. The van der Waals surface area contributed by atoms with Gasteiger partial charge in [0, 0.05) is 11.6 Å². The van der Waals surface area contributed by atoms with Crippen molar-refractivity contribution in [2.24, 2.45) is 0 Å². The van der Waals surface area contributed by atoms with Crippen LogP contribution in [-0.4, -0.2) is 37.6 Å². The van der Waals surface area contributed by atoms with Crippen LogP contribution >= 0.6 is 0 Å². The van der Waals surface area contributed by atoms with Crippen molar-refractivity contribution in [3.8, 4) is 11.5 Å². The normalized spacial score (nSPS) is 14.1. The smallest absolute Gasteiger partial charge is 0.432 e. The minimum absolute atomic E-state index is 0.0394. The van der Waals surface area contributed by atoms with E-state index in [1.165, 1.54) is 12.1 Å². The average molecular weight is 322 g/mol. The van der Waals surface area contributed by atoms with Crippen LogP contribution in [0.25, 0.3) is 0 Å². The molecule has 5 nitrogen and oxygen atoms in total. The lowest BCUT2D eigenvalue weighted by Crippen LogP contribution is -2.50. The zero-order valence-electron chi connectivity index (χ0n) is 12.4. The lowest BCUT2D eigenvalue weighted by molar-refractivity contribution is -0.267. The van der Waals surface area contributed by atoms with Crippen LogP contribution in [0, 0.1) is 0 Å². The molecule has 0 saturated carbocycles. The maximum absolute atomic E-state index is 13.3. The number of esters is 1. The highest BCUT2D eigenvalue weighted by Crippen LogP contribution is 2.44. The third-order valence-corrected chi connectivity index (χ3v) is 2.84. The van der Waals surface area contributed by atoms with E-state index in [1.807, 2.05) is 0 Å². The van der Waals surface area contributed by atoms with E-state index in [1.54, 1.807) is 13.8 Å². The van der Waals surface area contributed by atoms with E-state index in [0.29, 0.717) is 6.61 Å². The van der Waals surface area contributed by atoms with E-state index in [4.69, 9.17) is 9.47 Å². The Balaban J connectivity index is 3.51. The molecule has 0 heterocycles. The van der Waals surface area contributed by atoms with Gasteiger partial charge in [-0.2, -0.15) is 13.2 Å². The van der Waals surface area contributed by atoms with Crippen LogP contribution in [0.4, 0.5) is 13.2 Å². The predicted molar refractivity (Wildman–Crippen MR) is 70.7 cm³/mol. The summed E-state index contributed by atoms with van der Waals surface area (Å²) in [6.07, 6.45) is -5.28. The molecular formula is C14H17F3O5. The molecule has 124 valence electrons. The highest BCUT2D eigenvalue weighted by Gasteiger charge is 2.63. The van der Waals surface area contributed by atoms with Gasteiger partial charge in [0.1, 0.15) is 11.5 Å². The Morgan fingerprint density at radius 1 is 1.18 bits per heavy atom. The second kappa shape index (κ2) is 6.87. The number of hydrogen-bond acceptors (Lipinski definition) is 5. The molecule has 0 unspecified atom stereocenters. The van der Waals surface area contributed by atoms with E-state index in [9.17, 15) is 23.1 Å². The fourth-order valence-electron chi connectivity index (χ4n) is 1.86. The van der Waals surface area contributed by atoms with Gasteiger partial charge in [-0.1, -0.05) is 0 Å². The minimum Gasteiger partial charge on any atom is -0.494 e. The molecule has 1 rings (SSSR count). The van der Waals surface area contributed by atoms with Crippen LogP contribution in [0.15, 0.2) is 18.2 Å². The number of methoxy groups -OCH3 is 1. The summed E-state index contributed by atoms with van der Waals surface area (Å²) in [7, 11) is 0.758. The van der Waals surface area contributed by atoms with Gasteiger partial charge in [-0.3, -0.25) is 0 Å². The summed E-state index contributed by atoms with van der Waals surface area (Å²) in [4.78, 5) is 11.6. The van der Waals surface area contributed by atoms with Crippen LogP contribution in [0.3, 0.4) is 0 Å². The third-order valence-electron chi connectivity index (χ3n) is 2.84. The summed E-state index contributed by atoms with van der Waals surface area (Å²) < 4.78 is 54.2. The molecule has 0 fully saturated rings. The predicted octanol–water partition coefficient (Wildman–Crippen LogP) is 2.41. The van der Waals surface area contributed by atoms with Gasteiger partial charge in [-0.15, -0.1) is 0 Å². The van der Waals surface area contributed by atoms with Crippen LogP contribution in [-0.2, 0) is 15.1 Å². The molecule has 0 bridgehead atoms. The number of aliphatic hydroxyl groups is 1. The van der Waals surface area contributed by atoms with E-state index >= 15 is 0 Å². The number of hydrogen-bond donors (Lipinski definition) is 1. The van der Waals surface area contributed by atoms with E-state index < -0.39 is 23.3 Å². The van der Waals surface area contributed by atoms with Gasteiger partial charge in [-0.25, -0.2) is 4.79 Å². The number of carbonyl (C=O) groups is 1. The van der Waals surface area contributed by atoms with Crippen molar-refractivity contribution in [1.82, 2.24) is 0 Å². The largest absolute Gasteiger partial charge is 0.494 e. The second-order valence-corrected chi connectivity index (χ2v) is 4.22. The second-order valence-electron chi connectivity index (χ2n) is 4.22. The van der Waals surface area contributed by atoms with Gasteiger partial charge in [-0.05, 0) is 26.0 Å². The van der Waals surface area contributed by atoms with E-state index in [2.05, 4.69) is 4.74 Å². The Hall–Kier alpha value is -1.96. The van der Waals surface area contributed by atoms with Crippen LogP contribution in [0.1, 0.15) is 19.4 Å². The van der Waals surface area contributed by atoms with Crippen LogP contribution in [0.5, 0.6) is 11.5 Å². The Morgan fingerprint density at radius 3 is 2.23 bits per heavy atom. The summed E-state index contributed by atoms with van der Waals surface area (Å²) in [5.41, 5.74) is -4.58. The molecule has 0 radical (unpaired) electrons. The molecule has 1 atom stereocenters. The van der Waals surface area contributed by atoms with Crippen molar-refractivity contribution in [1.29, 1.82) is 0 Å². The van der Waals surface area contributed by atoms with Crippen molar-refractivity contribution < 1.29 is 37.3 Å². The average Bonchev–Trinajstić information content (AvgIpc) is 2.45. The summed E-state index contributed by atoms with van der Waals surface area (Å²) >= 11 is 0. The van der Waals surface area contributed by atoms with Gasteiger partial charge < -0.3 is 19.3 Å². The Kier molecular flexibility index (Phi) is 5.65. The maximum atomic E-state index is 13.3. The Labute approximate surface area is 125 Å². The number of halogens is 3. The van der Waals surface area contributed by atoms with E-state index in [-0.39, 0.29) is 18.1 Å². The Bertz CT molecular complexity index is 530. The molecule has 0 aliphatic rings. The van der Waals surface area contributed by atoms with E-state index in [0.717, 1.165) is 13.2 Å². The highest BCUT2D eigenvalue weighted by atomic mass is 19.4. The molecule has 1 N–H and O–H groups in total. The van der Waals surface area contributed by atoms with Crippen LogP contribution < -0.4 is 9.47 Å². The first-order chi connectivity index (χ1) is 10.2. The monoisotopic (exact) mass is 322 g/mol. The number of ether oxygens (including phenoxy) is 3. The van der Waals surface area contributed by atoms with Crippen molar-refractivity contribution in [3.63, 3.8) is 0 Å². The molecule has 0 aliphatic heterocycles. The first-order valence-corrected chi connectivity index (χ1v) is 6.49. The standard InChI is InChI=1S/C14H17F3O5/c1-4-21-9-6-7-10(11(8-9)22-5-2)13(19,12(18)20-3)14(15,16)17/h6-8,19H,4-5H2,1-3H3/t13-/m1/s1. The van der Waals surface area contributed by atoms with Gasteiger partial charge in [0.25, 0.3) is 5.60 Å². The van der Waals surface area contributed by atoms with Gasteiger partial charge in [0.15, 0.2) is 0 Å². The maximum Gasteiger partial charge on any atom is 0.432 e. The first-order valence-electron chi connectivity index (χ1n) is 6.49. The van der Waals surface area contributed by atoms with Crippen LogP contribution in [0.2, 0.25) is 0 Å². The van der Waals surface area contributed by atoms with Crippen molar-refractivity contribution in [2.45, 2.75) is 25.6 Å². The molecule has 22 heavy (non-hydrogen) atoms. The summed E-state index contributed by atoms with van der Waals surface area (Å²) in [6.45, 7) is 3.60. The zero-order valence-corrected chi connectivity index (χ0v) is 12.4. The molecule has 1 aromatic rings. The van der Waals surface area contributed by atoms with Crippen molar-refractivity contribution in [2.75, 3.05) is 20.3 Å². The molecule has 0 saturated heterocycles. The van der Waals surface area contributed by atoms with Crippen molar-refractivity contribution >= 4 is 5.97 Å². The number of benzene rings is 1. The Morgan fingerprint density at radius 2 is 1.77 bits per heavy atom. The number of rotatable bonds is 6. The number of alkyl halides is 3. The number of carbonyl (C=O) groups excluding carboxylic acids is 1. The molecule has 0 aromatic heterocycles. The SMILES string of the molecule is CCOc1ccc([C@@](O)(C(=O)OC)C(F)(F)F)c(OCC)c1. The highest BCUT2D eigenvalue weighted by molar-refractivity contribution is 5.83. The topological polar surface area (TPSA) is 65.0 Å². The summed E-state index contributed by atoms with van der Waals surface area (Å²) in [6, 6.07) is 3.32. The molecule has 0 spiro atoms. The molecule has 1 aromatic carbocycles. The van der Waals surface area contributed by atoms with Gasteiger partial charge in [0.2, 0.25) is 0 Å². The minimum atomic E-state index is -5.28. The molecular weight excluding hydrogens is 305 g/mol. The first kappa shape index (κ1) is 18.1. The molecule has 0 aliphatic carbocycles. The quantitative estimate of drug-likeness (QED) is 0.815. The summed E-state index contributed by atoms with van der Waals surface area (Å²) in [5.74, 6) is -1.90. The fourth-order valence-corrected chi connectivity index (χ4v) is 1.86. The third kappa shape index (κ3) is 3.27. The van der Waals surface area contributed by atoms with Crippen molar-refractivity contribution in [3.05, 3.63) is 23.8 Å². The zero-order chi connectivity index (χ0) is 17.0. The van der Waals surface area contributed by atoms with Gasteiger partial charge >= 0.3 is 12.1 Å². The molecule has 0 amide bonds. The lowest BCUT2D eigenvalue weighted by atomic mass is 9.92. The fraction of sp³-hybridized carbons (Fsp3) is 0.500. The lowest BCUT2D eigenvalue weighted by Gasteiger charge is -2.29.